The molecule has 1 unspecified atom stereocenters. The SMILES string of the molecule is C[C@@H](NC1c2ccccc2CCC1(C)C)C1CCCC1. The zero-order valence-electron chi connectivity index (χ0n) is 13.3. The molecule has 2 atom stereocenters. The van der Waals surface area contributed by atoms with Crippen LogP contribution in [0.3, 0.4) is 0 Å². The Morgan fingerprint density at radius 3 is 2.60 bits per heavy atom. The fourth-order valence-corrected chi connectivity index (χ4v) is 4.24. The van der Waals surface area contributed by atoms with Crippen LogP contribution in [-0.4, -0.2) is 6.04 Å². The maximum Gasteiger partial charge on any atom is 0.0376 e. The molecule has 1 aromatic carbocycles. The molecule has 2 aliphatic carbocycles. The second-order valence-corrected chi connectivity index (χ2v) is 7.62. The van der Waals surface area contributed by atoms with Crippen LogP contribution in [0.5, 0.6) is 0 Å². The molecule has 3 rings (SSSR count). The van der Waals surface area contributed by atoms with Crippen molar-refractivity contribution in [1.29, 1.82) is 0 Å². The molecule has 1 N–H and O–H groups in total. The van der Waals surface area contributed by atoms with Gasteiger partial charge in [0.2, 0.25) is 0 Å². The summed E-state index contributed by atoms with van der Waals surface area (Å²) < 4.78 is 0. The highest BCUT2D eigenvalue weighted by Crippen LogP contribution is 2.44. The molecule has 1 nitrogen and oxygen atoms in total. The van der Waals surface area contributed by atoms with Crippen LogP contribution in [0, 0.1) is 11.3 Å². The first-order valence-corrected chi connectivity index (χ1v) is 8.42. The van der Waals surface area contributed by atoms with Crippen molar-refractivity contribution in [3.8, 4) is 0 Å². The van der Waals surface area contributed by atoms with Gasteiger partial charge < -0.3 is 5.32 Å². The summed E-state index contributed by atoms with van der Waals surface area (Å²) in [5, 5.41) is 4.01. The molecule has 0 amide bonds. The normalized spacial score (nSPS) is 27.2. The number of fused-ring (bicyclic) bond motifs is 1. The van der Waals surface area contributed by atoms with Crippen LogP contribution >= 0.6 is 0 Å². The van der Waals surface area contributed by atoms with Crippen LogP contribution in [0.4, 0.5) is 0 Å². The van der Waals surface area contributed by atoms with Crippen molar-refractivity contribution in [1.82, 2.24) is 5.32 Å². The molecule has 20 heavy (non-hydrogen) atoms. The Labute approximate surface area is 124 Å². The topological polar surface area (TPSA) is 12.0 Å². The van der Waals surface area contributed by atoms with E-state index >= 15 is 0 Å². The highest BCUT2D eigenvalue weighted by Gasteiger charge is 2.37. The van der Waals surface area contributed by atoms with E-state index in [-0.39, 0.29) is 0 Å². The molecular formula is C19H29N. The van der Waals surface area contributed by atoms with Crippen molar-refractivity contribution in [2.24, 2.45) is 11.3 Å². The molecule has 1 fully saturated rings. The summed E-state index contributed by atoms with van der Waals surface area (Å²) in [5.41, 5.74) is 3.47. The number of hydrogen-bond acceptors (Lipinski definition) is 1. The van der Waals surface area contributed by atoms with Crippen molar-refractivity contribution in [2.45, 2.75) is 71.4 Å². The number of rotatable bonds is 3. The third kappa shape index (κ3) is 2.65. The van der Waals surface area contributed by atoms with E-state index in [1.807, 2.05) is 0 Å². The van der Waals surface area contributed by atoms with Gasteiger partial charge in [0.1, 0.15) is 0 Å². The van der Waals surface area contributed by atoms with E-state index < -0.39 is 0 Å². The lowest BCUT2D eigenvalue weighted by Crippen LogP contribution is -2.44. The van der Waals surface area contributed by atoms with E-state index in [2.05, 4.69) is 50.4 Å². The minimum absolute atomic E-state index is 0.362. The average Bonchev–Trinajstić information content (AvgIpc) is 2.96. The van der Waals surface area contributed by atoms with Crippen molar-refractivity contribution in [2.75, 3.05) is 0 Å². The van der Waals surface area contributed by atoms with Crippen LogP contribution in [0.25, 0.3) is 0 Å². The van der Waals surface area contributed by atoms with Gasteiger partial charge in [-0.15, -0.1) is 0 Å². The summed E-state index contributed by atoms with van der Waals surface area (Å²) >= 11 is 0. The summed E-state index contributed by atoms with van der Waals surface area (Å²) in [6.45, 7) is 7.27. The maximum absolute atomic E-state index is 4.01. The lowest BCUT2D eigenvalue weighted by atomic mass is 9.70. The first-order valence-electron chi connectivity index (χ1n) is 8.42. The molecule has 2 aliphatic rings. The molecule has 1 saturated carbocycles. The van der Waals surface area contributed by atoms with Crippen LogP contribution in [0.1, 0.15) is 70.0 Å². The summed E-state index contributed by atoms with van der Waals surface area (Å²) in [6, 6.07) is 10.2. The molecule has 0 aliphatic heterocycles. The molecule has 0 spiro atoms. The van der Waals surface area contributed by atoms with Gasteiger partial charge in [-0.3, -0.25) is 0 Å². The van der Waals surface area contributed by atoms with Gasteiger partial charge in [0.05, 0.1) is 0 Å². The summed E-state index contributed by atoms with van der Waals surface area (Å²) in [4.78, 5) is 0. The van der Waals surface area contributed by atoms with Crippen LogP contribution in [0.15, 0.2) is 24.3 Å². The fraction of sp³-hybridized carbons (Fsp3) is 0.684. The second kappa shape index (κ2) is 5.52. The smallest absolute Gasteiger partial charge is 0.0376 e. The van der Waals surface area contributed by atoms with Crippen molar-refractivity contribution in [3.05, 3.63) is 35.4 Å². The minimum Gasteiger partial charge on any atom is -0.307 e. The molecule has 1 heteroatoms. The van der Waals surface area contributed by atoms with Gasteiger partial charge in [0.15, 0.2) is 0 Å². The van der Waals surface area contributed by atoms with E-state index in [4.69, 9.17) is 0 Å². The molecule has 0 bridgehead atoms. The molecule has 110 valence electrons. The number of benzene rings is 1. The number of aryl methyl sites for hydroxylation is 1. The van der Waals surface area contributed by atoms with E-state index in [1.54, 1.807) is 11.1 Å². The Morgan fingerprint density at radius 1 is 1.15 bits per heavy atom. The zero-order valence-corrected chi connectivity index (χ0v) is 13.3. The number of hydrogen-bond donors (Lipinski definition) is 1. The zero-order chi connectivity index (χ0) is 14.2. The molecule has 0 radical (unpaired) electrons. The molecule has 1 aromatic rings. The molecule has 0 heterocycles. The van der Waals surface area contributed by atoms with Gasteiger partial charge in [-0.25, -0.2) is 0 Å². The Kier molecular flexibility index (Phi) is 3.90. The minimum atomic E-state index is 0.362. The number of nitrogens with one attached hydrogen (secondary N) is 1. The van der Waals surface area contributed by atoms with Gasteiger partial charge in [-0.1, -0.05) is 51.0 Å². The van der Waals surface area contributed by atoms with E-state index in [0.29, 0.717) is 17.5 Å². The van der Waals surface area contributed by atoms with Crippen molar-refractivity contribution in [3.63, 3.8) is 0 Å². The lowest BCUT2D eigenvalue weighted by Gasteiger charge is -2.43. The van der Waals surface area contributed by atoms with E-state index in [9.17, 15) is 0 Å². The maximum atomic E-state index is 4.01. The van der Waals surface area contributed by atoms with Gasteiger partial charge >= 0.3 is 0 Å². The van der Waals surface area contributed by atoms with Crippen LogP contribution < -0.4 is 5.32 Å². The largest absolute Gasteiger partial charge is 0.307 e. The standard InChI is InChI=1S/C19H29N/c1-14(15-8-4-5-9-15)20-18-17-11-7-6-10-16(17)12-13-19(18,2)3/h6-7,10-11,14-15,18,20H,4-5,8-9,12-13H2,1-3H3/t14-,18?/m1/s1. The Hall–Kier alpha value is -0.820. The predicted octanol–water partition coefficient (Wildman–Crippen LogP) is 4.87. The van der Waals surface area contributed by atoms with Gasteiger partial charge in [-0.2, -0.15) is 0 Å². The lowest BCUT2D eigenvalue weighted by molar-refractivity contribution is 0.180. The van der Waals surface area contributed by atoms with Crippen LogP contribution in [0.2, 0.25) is 0 Å². The van der Waals surface area contributed by atoms with Crippen LogP contribution in [-0.2, 0) is 6.42 Å². The Morgan fingerprint density at radius 2 is 1.85 bits per heavy atom. The summed E-state index contributed by atoms with van der Waals surface area (Å²) in [6.07, 6.45) is 8.23. The van der Waals surface area contributed by atoms with Gasteiger partial charge in [0.25, 0.3) is 0 Å². The average molecular weight is 271 g/mol. The Balaban J connectivity index is 1.82. The third-order valence-corrected chi connectivity index (χ3v) is 5.72. The molecular weight excluding hydrogens is 242 g/mol. The third-order valence-electron chi connectivity index (χ3n) is 5.72. The molecule has 0 aromatic heterocycles. The summed E-state index contributed by atoms with van der Waals surface area (Å²) in [7, 11) is 0. The second-order valence-electron chi connectivity index (χ2n) is 7.62. The molecule has 0 saturated heterocycles. The predicted molar refractivity (Wildman–Crippen MR) is 85.8 cm³/mol. The quantitative estimate of drug-likeness (QED) is 0.827. The first-order chi connectivity index (χ1) is 9.58. The fourth-order valence-electron chi connectivity index (χ4n) is 4.24. The van der Waals surface area contributed by atoms with Gasteiger partial charge in [-0.05, 0) is 55.1 Å². The summed E-state index contributed by atoms with van der Waals surface area (Å²) in [5.74, 6) is 0.889. The van der Waals surface area contributed by atoms with E-state index in [1.165, 1.54) is 38.5 Å². The monoisotopic (exact) mass is 271 g/mol. The highest BCUT2D eigenvalue weighted by atomic mass is 15.0. The van der Waals surface area contributed by atoms with Crippen molar-refractivity contribution >= 4 is 0 Å². The Bertz CT molecular complexity index is 457. The highest BCUT2D eigenvalue weighted by molar-refractivity contribution is 5.34. The van der Waals surface area contributed by atoms with Gasteiger partial charge in [0, 0.05) is 12.1 Å². The van der Waals surface area contributed by atoms with E-state index in [0.717, 1.165) is 5.92 Å². The first kappa shape index (κ1) is 14.1. The van der Waals surface area contributed by atoms with Crippen molar-refractivity contribution < 1.29 is 0 Å².